The van der Waals surface area contributed by atoms with Crippen molar-refractivity contribution >= 4 is 33.3 Å². The Kier molecular flexibility index (Phi) is 5.10. The maximum absolute atomic E-state index is 13.2. The zero-order chi connectivity index (χ0) is 20.7. The van der Waals surface area contributed by atoms with Gasteiger partial charge in [-0.25, -0.2) is 0 Å². The van der Waals surface area contributed by atoms with Gasteiger partial charge >= 0.3 is 0 Å². The minimum absolute atomic E-state index is 0.178. The van der Waals surface area contributed by atoms with E-state index in [0.29, 0.717) is 11.4 Å². The number of halogens is 2. The highest BCUT2D eigenvalue weighted by Crippen LogP contribution is 2.39. The molecule has 3 aromatic carbocycles. The van der Waals surface area contributed by atoms with E-state index in [-0.39, 0.29) is 11.7 Å². The Morgan fingerprint density at radius 1 is 0.867 bits per heavy atom. The third-order valence-electron chi connectivity index (χ3n) is 5.75. The van der Waals surface area contributed by atoms with Crippen LogP contribution in [0.5, 0.6) is 0 Å². The Morgan fingerprint density at radius 2 is 1.63 bits per heavy atom. The average molecular weight is 477 g/mol. The Morgan fingerprint density at radius 3 is 2.37 bits per heavy atom. The average Bonchev–Trinajstić information content (AvgIpc) is 3.15. The Balaban J connectivity index is 1.71. The predicted molar refractivity (Wildman–Crippen MR) is 126 cm³/mol. The lowest BCUT2D eigenvalue weighted by Crippen LogP contribution is -2.20. The van der Waals surface area contributed by atoms with E-state index in [2.05, 4.69) is 44.8 Å². The van der Waals surface area contributed by atoms with Crippen LogP contribution >= 0.6 is 27.5 Å². The molecule has 0 amide bonds. The lowest BCUT2D eigenvalue weighted by molar-refractivity contribution is 0.0964. The summed E-state index contributed by atoms with van der Waals surface area (Å²) in [5, 5.41) is 0.679. The summed E-state index contributed by atoms with van der Waals surface area (Å²) in [6.45, 7) is 0. The Labute approximate surface area is 189 Å². The van der Waals surface area contributed by atoms with Crippen LogP contribution in [0.25, 0.3) is 16.9 Å². The second kappa shape index (κ2) is 7.90. The first-order chi connectivity index (χ1) is 14.6. The summed E-state index contributed by atoms with van der Waals surface area (Å²) in [6.07, 6.45) is 1.35. The van der Waals surface area contributed by atoms with Crippen molar-refractivity contribution in [1.29, 1.82) is 0 Å². The lowest BCUT2D eigenvalue weighted by Gasteiger charge is -2.24. The highest BCUT2D eigenvalue weighted by atomic mass is 79.9. The number of nitrogens with zero attached hydrogens (tertiary/aromatic N) is 1. The Hall–Kier alpha value is -2.62. The van der Waals surface area contributed by atoms with Crippen LogP contribution in [-0.2, 0) is 6.42 Å². The number of ketones is 1. The van der Waals surface area contributed by atoms with Gasteiger partial charge in [-0.1, -0.05) is 76.1 Å². The van der Waals surface area contributed by atoms with Crippen molar-refractivity contribution in [2.45, 2.75) is 18.8 Å². The van der Waals surface area contributed by atoms with Crippen LogP contribution in [0.1, 0.15) is 34.0 Å². The van der Waals surface area contributed by atoms with Crippen LogP contribution in [0.3, 0.4) is 0 Å². The molecule has 1 aromatic heterocycles. The molecule has 0 radical (unpaired) electrons. The van der Waals surface area contributed by atoms with Gasteiger partial charge in [-0.2, -0.15) is 0 Å². The largest absolute Gasteiger partial charge is 0.313 e. The lowest BCUT2D eigenvalue weighted by atomic mass is 9.82. The van der Waals surface area contributed by atoms with Crippen molar-refractivity contribution in [1.82, 2.24) is 4.57 Å². The number of benzene rings is 3. The maximum Gasteiger partial charge on any atom is 0.165 e. The highest BCUT2D eigenvalue weighted by molar-refractivity contribution is 9.10. The molecule has 1 aliphatic carbocycles. The third kappa shape index (κ3) is 3.53. The van der Waals surface area contributed by atoms with Crippen LogP contribution in [0.15, 0.2) is 89.4 Å². The summed E-state index contributed by atoms with van der Waals surface area (Å²) in [4.78, 5) is 13.2. The molecule has 0 fully saturated rings. The molecule has 0 spiro atoms. The van der Waals surface area contributed by atoms with Gasteiger partial charge < -0.3 is 4.57 Å². The summed E-state index contributed by atoms with van der Waals surface area (Å²) < 4.78 is 3.23. The van der Waals surface area contributed by atoms with Gasteiger partial charge in [0.05, 0.1) is 5.69 Å². The first-order valence-corrected chi connectivity index (χ1v) is 11.1. The molecule has 0 unspecified atom stereocenters. The fourth-order valence-electron chi connectivity index (χ4n) is 4.34. The quantitative estimate of drug-likeness (QED) is 0.300. The molecule has 2 nitrogen and oxygen atoms in total. The molecule has 1 aliphatic rings. The summed E-state index contributed by atoms with van der Waals surface area (Å²) in [5.74, 6) is 0.376. The molecule has 1 atom stereocenters. The Bertz CT molecular complexity index is 1230. The number of carbonyl (C=O) groups is 1. The number of carbonyl (C=O) groups excluding carboxylic acids is 1. The molecule has 4 heteroatoms. The van der Waals surface area contributed by atoms with Crippen molar-refractivity contribution < 1.29 is 4.79 Å². The number of fused-ring (bicyclic) bond motifs is 1. The topological polar surface area (TPSA) is 22.0 Å². The van der Waals surface area contributed by atoms with Crippen molar-refractivity contribution in [3.8, 4) is 16.9 Å². The third-order valence-corrected chi connectivity index (χ3v) is 6.52. The van der Waals surface area contributed by atoms with Crippen LogP contribution in [-0.4, -0.2) is 10.4 Å². The van der Waals surface area contributed by atoms with Gasteiger partial charge in [0.15, 0.2) is 5.78 Å². The SMILES string of the molecule is O=C1C[C@@H](c2ccccc2)Cc2c1cc(-c1ccc(Br)cc1)n2-c1cccc(Cl)c1. The van der Waals surface area contributed by atoms with Crippen molar-refractivity contribution in [2.75, 3.05) is 0 Å². The van der Waals surface area contributed by atoms with Crippen LogP contribution < -0.4 is 0 Å². The van der Waals surface area contributed by atoms with Crippen LogP contribution in [0, 0.1) is 0 Å². The molecule has 0 saturated carbocycles. The number of hydrogen-bond donors (Lipinski definition) is 0. The second-order valence-corrected chi connectivity index (χ2v) is 9.00. The summed E-state index contributed by atoms with van der Waals surface area (Å²) >= 11 is 9.84. The molecular weight excluding hydrogens is 458 g/mol. The van der Waals surface area contributed by atoms with Crippen LogP contribution in [0.2, 0.25) is 5.02 Å². The molecule has 1 heterocycles. The molecule has 148 valence electrons. The first kappa shape index (κ1) is 19.3. The maximum atomic E-state index is 13.2. The minimum Gasteiger partial charge on any atom is -0.313 e. The first-order valence-electron chi connectivity index (χ1n) is 9.95. The van der Waals surface area contributed by atoms with E-state index in [0.717, 1.165) is 39.1 Å². The van der Waals surface area contributed by atoms with Gasteiger partial charge in [-0.3, -0.25) is 4.79 Å². The number of hydrogen-bond acceptors (Lipinski definition) is 1. The monoisotopic (exact) mass is 475 g/mol. The number of aromatic nitrogens is 1. The summed E-state index contributed by atoms with van der Waals surface area (Å²) in [6, 6.07) is 28.4. The van der Waals surface area contributed by atoms with Gasteiger partial charge in [0.25, 0.3) is 0 Å². The van der Waals surface area contributed by atoms with Gasteiger partial charge in [0, 0.05) is 32.9 Å². The summed E-state index contributed by atoms with van der Waals surface area (Å²) in [7, 11) is 0. The van der Waals surface area contributed by atoms with Gasteiger partial charge in [0.2, 0.25) is 0 Å². The smallest absolute Gasteiger partial charge is 0.165 e. The normalized spacial score (nSPS) is 15.8. The van der Waals surface area contributed by atoms with E-state index in [4.69, 9.17) is 11.6 Å². The van der Waals surface area contributed by atoms with Gasteiger partial charge in [-0.15, -0.1) is 0 Å². The zero-order valence-corrected chi connectivity index (χ0v) is 18.5. The minimum atomic E-state index is 0.178. The number of rotatable bonds is 3. The van der Waals surface area contributed by atoms with Crippen LogP contribution in [0.4, 0.5) is 0 Å². The predicted octanol–water partition coefficient (Wildman–Crippen LogP) is 7.47. The zero-order valence-electron chi connectivity index (χ0n) is 16.2. The fourth-order valence-corrected chi connectivity index (χ4v) is 4.79. The number of Topliss-reactive ketones (excluding diaryl/α,β-unsaturated/α-hetero) is 1. The van der Waals surface area contributed by atoms with Gasteiger partial charge in [0.1, 0.15) is 0 Å². The highest BCUT2D eigenvalue weighted by Gasteiger charge is 2.31. The van der Waals surface area contributed by atoms with E-state index in [1.807, 2.05) is 60.7 Å². The van der Waals surface area contributed by atoms with E-state index in [1.165, 1.54) is 5.56 Å². The molecule has 5 rings (SSSR count). The van der Waals surface area contributed by atoms with E-state index >= 15 is 0 Å². The van der Waals surface area contributed by atoms with Crippen molar-refractivity contribution in [3.05, 3.63) is 111 Å². The standard InChI is InChI=1S/C26H19BrClNO/c27-20-11-9-18(10-12-20)24-16-23-25(29(24)22-8-4-7-21(28)15-22)13-19(14-26(23)30)17-5-2-1-3-6-17/h1-12,15-16,19H,13-14H2/t19-/m0/s1. The fraction of sp³-hybridized carbons (Fsp3) is 0.115. The molecule has 0 N–H and O–H groups in total. The second-order valence-electron chi connectivity index (χ2n) is 7.65. The van der Waals surface area contributed by atoms with E-state index in [9.17, 15) is 4.79 Å². The van der Waals surface area contributed by atoms with Crippen molar-refractivity contribution in [2.24, 2.45) is 0 Å². The summed E-state index contributed by atoms with van der Waals surface area (Å²) in [5.41, 5.74) is 6.14. The van der Waals surface area contributed by atoms with E-state index in [1.54, 1.807) is 0 Å². The molecule has 30 heavy (non-hydrogen) atoms. The molecule has 4 aromatic rings. The molecule has 0 aliphatic heterocycles. The van der Waals surface area contributed by atoms with E-state index < -0.39 is 0 Å². The molecule has 0 saturated heterocycles. The van der Waals surface area contributed by atoms with Crippen molar-refractivity contribution in [3.63, 3.8) is 0 Å². The molecule has 0 bridgehead atoms. The molecular formula is C26H19BrClNO. The van der Waals surface area contributed by atoms with Gasteiger partial charge in [-0.05, 0) is 59.9 Å².